The van der Waals surface area contributed by atoms with Crippen LogP contribution in [0.4, 0.5) is 5.69 Å². The summed E-state index contributed by atoms with van der Waals surface area (Å²) in [6.45, 7) is 3.80. The highest BCUT2D eigenvalue weighted by molar-refractivity contribution is 5.88. The van der Waals surface area contributed by atoms with Gasteiger partial charge in [-0.2, -0.15) is 0 Å². The van der Waals surface area contributed by atoms with Gasteiger partial charge in [-0.1, -0.05) is 6.08 Å². The van der Waals surface area contributed by atoms with Gasteiger partial charge in [-0.15, -0.1) is 0 Å². The topological polar surface area (TPSA) is 78.7 Å². The fourth-order valence-corrected chi connectivity index (χ4v) is 1.31. The van der Waals surface area contributed by atoms with Gasteiger partial charge in [0.2, 0.25) is 0 Å². The number of ether oxygens (including phenoxy) is 2. The van der Waals surface area contributed by atoms with Gasteiger partial charge in [-0.05, 0) is 26.0 Å². The highest BCUT2D eigenvalue weighted by Gasteiger charge is 2.11. The van der Waals surface area contributed by atoms with E-state index in [4.69, 9.17) is 9.47 Å². The van der Waals surface area contributed by atoms with Crippen LogP contribution in [0.5, 0.6) is 5.75 Å². The first-order valence-electron chi connectivity index (χ1n) is 5.78. The van der Waals surface area contributed by atoms with E-state index < -0.39 is 10.9 Å². The summed E-state index contributed by atoms with van der Waals surface area (Å²) >= 11 is 0. The number of nitro benzene ring substituents is 1. The molecule has 0 bridgehead atoms. The maximum atomic E-state index is 11.5. The van der Waals surface area contributed by atoms with E-state index in [2.05, 4.69) is 0 Å². The molecule has 0 spiro atoms. The molecule has 0 aromatic heterocycles. The zero-order valence-electron chi connectivity index (χ0n) is 10.8. The SMILES string of the molecule is C/C=C(\COc1ccc([N+](=O)[O-])cc1)C(=O)OCC. The monoisotopic (exact) mass is 265 g/mol. The minimum absolute atomic E-state index is 0.0102. The van der Waals surface area contributed by atoms with E-state index in [9.17, 15) is 14.9 Å². The molecule has 0 heterocycles. The van der Waals surface area contributed by atoms with Crippen LogP contribution in [0.25, 0.3) is 0 Å². The molecule has 0 unspecified atom stereocenters. The lowest BCUT2D eigenvalue weighted by atomic mass is 10.2. The molecule has 0 radical (unpaired) electrons. The Kier molecular flexibility index (Phi) is 5.53. The van der Waals surface area contributed by atoms with Gasteiger partial charge in [0.1, 0.15) is 12.4 Å². The van der Waals surface area contributed by atoms with Crippen LogP contribution < -0.4 is 4.74 Å². The average molecular weight is 265 g/mol. The third-order valence-corrected chi connectivity index (χ3v) is 2.33. The van der Waals surface area contributed by atoms with Gasteiger partial charge in [-0.3, -0.25) is 10.1 Å². The molecular weight excluding hydrogens is 250 g/mol. The number of non-ortho nitro benzene ring substituents is 1. The van der Waals surface area contributed by atoms with Crippen LogP contribution in [0.3, 0.4) is 0 Å². The van der Waals surface area contributed by atoms with Crippen LogP contribution in [-0.4, -0.2) is 24.1 Å². The normalized spacial score (nSPS) is 10.9. The minimum atomic E-state index is -0.486. The smallest absolute Gasteiger partial charge is 0.337 e. The molecule has 0 saturated carbocycles. The van der Waals surface area contributed by atoms with Crippen molar-refractivity contribution in [1.29, 1.82) is 0 Å². The fraction of sp³-hybridized carbons (Fsp3) is 0.308. The molecule has 0 aliphatic carbocycles. The first kappa shape index (κ1) is 14.7. The molecule has 1 aromatic rings. The summed E-state index contributed by atoms with van der Waals surface area (Å²) in [6, 6.07) is 5.65. The molecule has 102 valence electrons. The number of hydrogen-bond donors (Lipinski definition) is 0. The van der Waals surface area contributed by atoms with Crippen LogP contribution in [0.1, 0.15) is 13.8 Å². The van der Waals surface area contributed by atoms with Crippen molar-refractivity contribution in [2.75, 3.05) is 13.2 Å². The van der Waals surface area contributed by atoms with Gasteiger partial charge >= 0.3 is 5.97 Å². The van der Waals surface area contributed by atoms with E-state index in [-0.39, 0.29) is 12.3 Å². The van der Waals surface area contributed by atoms with Gasteiger partial charge in [0.15, 0.2) is 0 Å². The van der Waals surface area contributed by atoms with Gasteiger partial charge in [-0.25, -0.2) is 4.79 Å². The summed E-state index contributed by atoms with van der Waals surface area (Å²) in [5.74, 6) is 0.0289. The molecule has 19 heavy (non-hydrogen) atoms. The Morgan fingerprint density at radius 2 is 2.00 bits per heavy atom. The quantitative estimate of drug-likeness (QED) is 0.341. The number of rotatable bonds is 6. The maximum absolute atomic E-state index is 11.5. The Labute approximate surface area is 110 Å². The van der Waals surface area contributed by atoms with E-state index in [1.165, 1.54) is 24.3 Å². The predicted octanol–water partition coefficient (Wildman–Crippen LogP) is 2.48. The van der Waals surface area contributed by atoms with Gasteiger partial charge < -0.3 is 9.47 Å². The zero-order valence-corrected chi connectivity index (χ0v) is 10.8. The predicted molar refractivity (Wildman–Crippen MR) is 69.0 cm³/mol. The van der Waals surface area contributed by atoms with Gasteiger partial charge in [0.25, 0.3) is 5.69 Å². The van der Waals surface area contributed by atoms with Crippen LogP contribution in [-0.2, 0) is 9.53 Å². The summed E-state index contributed by atoms with van der Waals surface area (Å²) in [7, 11) is 0. The van der Waals surface area contributed by atoms with Crippen molar-refractivity contribution in [3.05, 3.63) is 46.0 Å². The van der Waals surface area contributed by atoms with E-state index in [0.717, 1.165) is 0 Å². The zero-order chi connectivity index (χ0) is 14.3. The average Bonchev–Trinajstić information content (AvgIpc) is 2.40. The fourth-order valence-electron chi connectivity index (χ4n) is 1.31. The van der Waals surface area contributed by atoms with Crippen molar-refractivity contribution in [2.24, 2.45) is 0 Å². The molecule has 6 nitrogen and oxygen atoms in total. The second kappa shape index (κ2) is 7.15. The molecule has 1 rings (SSSR count). The Morgan fingerprint density at radius 1 is 1.37 bits per heavy atom. The van der Waals surface area contributed by atoms with Crippen molar-refractivity contribution in [3.63, 3.8) is 0 Å². The minimum Gasteiger partial charge on any atom is -0.489 e. The lowest BCUT2D eigenvalue weighted by molar-refractivity contribution is -0.384. The van der Waals surface area contributed by atoms with Crippen molar-refractivity contribution in [2.45, 2.75) is 13.8 Å². The van der Waals surface area contributed by atoms with Crippen LogP contribution >= 0.6 is 0 Å². The van der Waals surface area contributed by atoms with Crippen LogP contribution in [0.15, 0.2) is 35.9 Å². The number of esters is 1. The molecular formula is C13H15NO5. The molecule has 0 aliphatic heterocycles. The number of nitro groups is 1. The first-order chi connectivity index (χ1) is 9.08. The van der Waals surface area contributed by atoms with Crippen molar-refractivity contribution < 1.29 is 19.2 Å². The number of benzene rings is 1. The maximum Gasteiger partial charge on any atom is 0.337 e. The Balaban J connectivity index is 2.60. The largest absolute Gasteiger partial charge is 0.489 e. The second-order valence-electron chi connectivity index (χ2n) is 3.57. The van der Waals surface area contributed by atoms with E-state index in [0.29, 0.717) is 17.9 Å². The van der Waals surface area contributed by atoms with Crippen molar-refractivity contribution in [3.8, 4) is 5.75 Å². The second-order valence-corrected chi connectivity index (χ2v) is 3.57. The third kappa shape index (κ3) is 4.42. The number of carbonyl (C=O) groups excluding carboxylic acids is 1. The van der Waals surface area contributed by atoms with E-state index >= 15 is 0 Å². The molecule has 0 atom stereocenters. The third-order valence-electron chi connectivity index (χ3n) is 2.33. The Hall–Kier alpha value is -2.37. The number of hydrogen-bond acceptors (Lipinski definition) is 5. The van der Waals surface area contributed by atoms with Crippen molar-refractivity contribution >= 4 is 11.7 Å². The highest BCUT2D eigenvalue weighted by Crippen LogP contribution is 2.17. The highest BCUT2D eigenvalue weighted by atomic mass is 16.6. The van der Waals surface area contributed by atoms with E-state index in [1.54, 1.807) is 19.9 Å². The summed E-state index contributed by atoms with van der Waals surface area (Å²) in [4.78, 5) is 21.5. The lowest BCUT2D eigenvalue weighted by Gasteiger charge is -2.08. The molecule has 6 heteroatoms. The van der Waals surface area contributed by atoms with Gasteiger partial charge in [0.05, 0.1) is 17.1 Å². The molecule has 0 fully saturated rings. The van der Waals surface area contributed by atoms with Crippen molar-refractivity contribution in [1.82, 2.24) is 0 Å². The first-order valence-corrected chi connectivity index (χ1v) is 5.78. The number of allylic oxidation sites excluding steroid dienone is 1. The molecule has 0 N–H and O–H groups in total. The Bertz CT molecular complexity index is 478. The number of nitrogens with zero attached hydrogens (tertiary/aromatic N) is 1. The molecule has 0 aliphatic rings. The van der Waals surface area contributed by atoms with E-state index in [1.807, 2.05) is 0 Å². The van der Waals surface area contributed by atoms with Crippen LogP contribution in [0, 0.1) is 10.1 Å². The summed E-state index contributed by atoms with van der Waals surface area (Å²) in [5.41, 5.74) is 0.393. The summed E-state index contributed by atoms with van der Waals surface area (Å²) in [5, 5.41) is 10.5. The molecule has 0 amide bonds. The lowest BCUT2D eigenvalue weighted by Crippen LogP contribution is -2.14. The standard InChI is InChI=1S/C13H15NO5/c1-3-10(13(15)18-4-2)9-19-12-7-5-11(6-8-12)14(16)17/h3,5-8H,4,9H2,1-2H3/b10-3+. The van der Waals surface area contributed by atoms with Gasteiger partial charge in [0, 0.05) is 12.1 Å². The number of carbonyl (C=O) groups is 1. The molecule has 1 aromatic carbocycles. The summed E-state index contributed by atoms with van der Waals surface area (Å²) < 4.78 is 10.2. The Morgan fingerprint density at radius 3 is 2.47 bits per heavy atom. The molecule has 0 saturated heterocycles. The van der Waals surface area contributed by atoms with Crippen LogP contribution in [0.2, 0.25) is 0 Å². The summed E-state index contributed by atoms with van der Waals surface area (Å²) in [6.07, 6.45) is 1.61.